The van der Waals surface area contributed by atoms with Crippen LogP contribution < -0.4 is 5.32 Å². The van der Waals surface area contributed by atoms with Gasteiger partial charge in [0.25, 0.3) is 0 Å². The van der Waals surface area contributed by atoms with E-state index >= 15 is 0 Å². The highest BCUT2D eigenvalue weighted by Crippen LogP contribution is 2.20. The Balaban J connectivity index is 2.53. The van der Waals surface area contributed by atoms with E-state index < -0.39 is 0 Å². The summed E-state index contributed by atoms with van der Waals surface area (Å²) in [6.45, 7) is 16.7. The highest BCUT2D eigenvalue weighted by molar-refractivity contribution is 5.30. The van der Waals surface area contributed by atoms with E-state index in [9.17, 15) is 0 Å². The second kappa shape index (κ2) is 8.80. The summed E-state index contributed by atoms with van der Waals surface area (Å²) in [6.07, 6.45) is 6.39. The smallest absolute Gasteiger partial charge is 0.203 e. The number of rotatable bonds is 10. The third kappa shape index (κ3) is 5.00. The predicted molar refractivity (Wildman–Crippen MR) is 87.4 cm³/mol. The average molecular weight is 278 g/mol. The minimum atomic E-state index is 0.471. The van der Waals surface area contributed by atoms with E-state index in [2.05, 4.69) is 53.3 Å². The van der Waals surface area contributed by atoms with E-state index in [1.54, 1.807) is 0 Å². The van der Waals surface area contributed by atoms with Crippen LogP contribution in [0.3, 0.4) is 0 Å². The molecule has 1 heterocycles. The molecule has 0 aromatic carbocycles. The lowest BCUT2D eigenvalue weighted by atomic mass is 10.1. The van der Waals surface area contributed by atoms with E-state index in [1.165, 1.54) is 19.4 Å². The Hall–Kier alpha value is -1.29. The van der Waals surface area contributed by atoms with Gasteiger partial charge in [0.05, 0.1) is 5.69 Å². The molecule has 0 aliphatic rings. The van der Waals surface area contributed by atoms with Gasteiger partial charge in [0.15, 0.2) is 0 Å². The van der Waals surface area contributed by atoms with E-state index in [-0.39, 0.29) is 0 Å². The molecule has 20 heavy (non-hydrogen) atoms. The molecule has 0 aliphatic carbocycles. The molecule has 0 radical (unpaired) electrons. The van der Waals surface area contributed by atoms with Gasteiger partial charge < -0.3 is 14.8 Å². The number of aromatic nitrogens is 2. The minimum absolute atomic E-state index is 0.471. The topological polar surface area (TPSA) is 33.1 Å². The van der Waals surface area contributed by atoms with Gasteiger partial charge in [0.1, 0.15) is 0 Å². The maximum absolute atomic E-state index is 4.54. The van der Waals surface area contributed by atoms with Gasteiger partial charge >= 0.3 is 0 Å². The summed E-state index contributed by atoms with van der Waals surface area (Å²) >= 11 is 0. The molecule has 0 spiro atoms. The van der Waals surface area contributed by atoms with Crippen molar-refractivity contribution in [2.45, 2.75) is 46.6 Å². The van der Waals surface area contributed by atoms with Crippen LogP contribution in [-0.4, -0.2) is 40.6 Å². The van der Waals surface area contributed by atoms with Crippen molar-refractivity contribution in [1.29, 1.82) is 0 Å². The Labute approximate surface area is 123 Å². The molecule has 1 aromatic rings. The lowest BCUT2D eigenvalue weighted by Gasteiger charge is -2.20. The van der Waals surface area contributed by atoms with E-state index in [4.69, 9.17) is 0 Å². The molecule has 1 rings (SSSR count). The fourth-order valence-corrected chi connectivity index (χ4v) is 2.44. The molecule has 4 heteroatoms. The van der Waals surface area contributed by atoms with Crippen LogP contribution in [0.2, 0.25) is 0 Å². The lowest BCUT2D eigenvalue weighted by molar-refractivity contribution is 0.288. The maximum atomic E-state index is 4.54. The number of nitrogens with zero attached hydrogens (tertiary/aromatic N) is 3. The van der Waals surface area contributed by atoms with Crippen LogP contribution in [0.1, 0.15) is 45.3 Å². The monoisotopic (exact) mass is 278 g/mol. The quantitative estimate of drug-likeness (QED) is 0.665. The van der Waals surface area contributed by atoms with Crippen molar-refractivity contribution < 1.29 is 0 Å². The fourth-order valence-electron chi connectivity index (χ4n) is 2.44. The molecule has 1 N–H and O–H groups in total. The van der Waals surface area contributed by atoms with E-state index in [1.807, 2.05) is 13.0 Å². The number of anilines is 1. The minimum Gasteiger partial charge on any atom is -0.352 e. The summed E-state index contributed by atoms with van der Waals surface area (Å²) in [7, 11) is 0. The van der Waals surface area contributed by atoms with Crippen molar-refractivity contribution in [2.75, 3.05) is 31.5 Å². The van der Waals surface area contributed by atoms with Gasteiger partial charge in [-0.3, -0.25) is 0 Å². The van der Waals surface area contributed by atoms with Crippen molar-refractivity contribution in [3.8, 4) is 0 Å². The van der Waals surface area contributed by atoms with Crippen LogP contribution in [-0.2, 0) is 0 Å². The number of nitrogens with one attached hydrogen (secondary N) is 1. The van der Waals surface area contributed by atoms with Crippen LogP contribution in [0, 0.1) is 6.92 Å². The standard InChI is InChI=1S/C16H30N4/c1-6-11-17-16-18-14(4)13-20(16)15(5)10-9-12-19(7-2)8-3/h6,13,15H,1,7-12H2,2-5H3,(H,17,18). The highest BCUT2D eigenvalue weighted by Gasteiger charge is 2.11. The molecule has 0 bridgehead atoms. The first-order chi connectivity index (χ1) is 9.62. The molecule has 0 aliphatic heterocycles. The third-order valence-electron chi connectivity index (χ3n) is 3.72. The Morgan fingerprint density at radius 1 is 1.45 bits per heavy atom. The van der Waals surface area contributed by atoms with Gasteiger partial charge in [0.2, 0.25) is 5.95 Å². The van der Waals surface area contributed by atoms with Gasteiger partial charge in [-0.2, -0.15) is 0 Å². The van der Waals surface area contributed by atoms with Crippen molar-refractivity contribution in [2.24, 2.45) is 0 Å². The summed E-state index contributed by atoms with van der Waals surface area (Å²) in [6, 6.07) is 0.471. The molecular weight excluding hydrogens is 248 g/mol. The summed E-state index contributed by atoms with van der Waals surface area (Å²) in [5.74, 6) is 0.956. The first-order valence-corrected chi connectivity index (χ1v) is 7.74. The lowest BCUT2D eigenvalue weighted by Crippen LogP contribution is -2.24. The van der Waals surface area contributed by atoms with Gasteiger partial charge in [-0.1, -0.05) is 19.9 Å². The van der Waals surface area contributed by atoms with Gasteiger partial charge in [-0.25, -0.2) is 4.98 Å². The Kier molecular flexibility index (Phi) is 7.37. The molecule has 4 nitrogen and oxygen atoms in total. The van der Waals surface area contributed by atoms with E-state index in [0.717, 1.165) is 31.3 Å². The summed E-state index contributed by atoms with van der Waals surface area (Å²) in [4.78, 5) is 7.01. The fraction of sp³-hybridized carbons (Fsp3) is 0.688. The zero-order valence-electron chi connectivity index (χ0n) is 13.5. The third-order valence-corrected chi connectivity index (χ3v) is 3.72. The number of hydrogen-bond acceptors (Lipinski definition) is 3. The Morgan fingerprint density at radius 3 is 2.75 bits per heavy atom. The molecular formula is C16H30N4. The van der Waals surface area contributed by atoms with Crippen LogP contribution in [0.4, 0.5) is 5.95 Å². The first kappa shape index (κ1) is 16.8. The zero-order chi connectivity index (χ0) is 15.0. The van der Waals surface area contributed by atoms with Crippen molar-refractivity contribution in [3.63, 3.8) is 0 Å². The van der Waals surface area contributed by atoms with E-state index in [0.29, 0.717) is 6.04 Å². The molecule has 0 fully saturated rings. The van der Waals surface area contributed by atoms with Crippen LogP contribution >= 0.6 is 0 Å². The molecule has 114 valence electrons. The van der Waals surface area contributed by atoms with Crippen LogP contribution in [0.25, 0.3) is 0 Å². The van der Waals surface area contributed by atoms with Gasteiger partial charge in [0, 0.05) is 18.8 Å². The number of hydrogen-bond donors (Lipinski definition) is 1. The second-order valence-corrected chi connectivity index (χ2v) is 5.30. The second-order valence-electron chi connectivity index (χ2n) is 5.30. The van der Waals surface area contributed by atoms with Crippen LogP contribution in [0.5, 0.6) is 0 Å². The molecule has 1 aromatic heterocycles. The van der Waals surface area contributed by atoms with Crippen LogP contribution in [0.15, 0.2) is 18.9 Å². The molecule has 1 unspecified atom stereocenters. The van der Waals surface area contributed by atoms with Gasteiger partial charge in [-0.05, 0) is 46.3 Å². The summed E-state index contributed by atoms with van der Waals surface area (Å²) < 4.78 is 2.25. The number of imidazole rings is 1. The Morgan fingerprint density at radius 2 is 2.15 bits per heavy atom. The van der Waals surface area contributed by atoms with Crippen molar-refractivity contribution in [1.82, 2.24) is 14.5 Å². The zero-order valence-corrected chi connectivity index (χ0v) is 13.5. The van der Waals surface area contributed by atoms with Crippen molar-refractivity contribution in [3.05, 3.63) is 24.5 Å². The first-order valence-electron chi connectivity index (χ1n) is 7.74. The normalized spacial score (nSPS) is 12.7. The maximum Gasteiger partial charge on any atom is 0.203 e. The molecule has 1 atom stereocenters. The predicted octanol–water partition coefficient (Wildman–Crippen LogP) is 3.47. The SMILES string of the molecule is C=CCNc1nc(C)cn1C(C)CCCN(CC)CC. The molecule has 0 saturated carbocycles. The highest BCUT2D eigenvalue weighted by atomic mass is 15.2. The summed E-state index contributed by atoms with van der Waals surface area (Å²) in [5.41, 5.74) is 1.06. The Bertz CT molecular complexity index is 393. The molecule has 0 amide bonds. The largest absolute Gasteiger partial charge is 0.352 e. The number of aryl methyl sites for hydroxylation is 1. The summed E-state index contributed by atoms with van der Waals surface area (Å²) in [5, 5.41) is 3.31. The molecule has 0 saturated heterocycles. The van der Waals surface area contributed by atoms with Crippen molar-refractivity contribution >= 4 is 5.95 Å². The van der Waals surface area contributed by atoms with Gasteiger partial charge in [-0.15, -0.1) is 6.58 Å². The average Bonchev–Trinajstić information content (AvgIpc) is 2.82.